The number of halogens is 1. The number of rotatable bonds is 6. The first kappa shape index (κ1) is 17.7. The van der Waals surface area contributed by atoms with Gasteiger partial charge in [-0.2, -0.15) is 0 Å². The number of nitrogens with zero attached hydrogens (tertiary/aromatic N) is 2. The quantitative estimate of drug-likeness (QED) is 0.485. The normalized spacial score (nSPS) is 10.5. The van der Waals surface area contributed by atoms with Crippen molar-refractivity contribution in [3.8, 4) is 5.75 Å². The molecule has 2 aromatic carbocycles. The molecule has 8 heteroatoms. The van der Waals surface area contributed by atoms with Gasteiger partial charge in [0.2, 0.25) is 5.13 Å². The van der Waals surface area contributed by atoms with Gasteiger partial charge in [0.15, 0.2) is 4.34 Å². The van der Waals surface area contributed by atoms with Crippen molar-refractivity contribution in [2.24, 2.45) is 0 Å². The van der Waals surface area contributed by atoms with Crippen LogP contribution in [-0.2, 0) is 6.61 Å². The summed E-state index contributed by atoms with van der Waals surface area (Å²) in [5.41, 5.74) is 1.43. The maximum atomic E-state index is 12.2. The maximum absolute atomic E-state index is 12.2. The molecule has 0 saturated heterocycles. The Bertz CT molecular complexity index is 868. The highest BCUT2D eigenvalue weighted by atomic mass is 35.5. The molecule has 0 aliphatic carbocycles. The second-order valence-corrected chi connectivity index (χ2v) is 7.37. The molecule has 5 nitrogen and oxygen atoms in total. The molecule has 0 fully saturated rings. The third-order valence-electron chi connectivity index (χ3n) is 3.27. The predicted octanol–water partition coefficient (Wildman–Crippen LogP) is 4.74. The van der Waals surface area contributed by atoms with Crippen LogP contribution in [0.2, 0.25) is 5.02 Å². The summed E-state index contributed by atoms with van der Waals surface area (Å²) in [7, 11) is 0. The minimum absolute atomic E-state index is 0.235. The van der Waals surface area contributed by atoms with E-state index in [0.29, 0.717) is 28.1 Å². The molecule has 1 N–H and O–H groups in total. The van der Waals surface area contributed by atoms with Crippen molar-refractivity contribution < 1.29 is 9.53 Å². The highest BCUT2D eigenvalue weighted by Gasteiger charge is 2.10. The molecule has 0 atom stereocenters. The number of anilines is 1. The molecule has 1 amide bonds. The number of carbonyl (C=O) groups excluding carboxylic acids is 1. The number of ether oxygens (including phenoxy) is 1. The molecule has 3 rings (SSSR count). The van der Waals surface area contributed by atoms with E-state index in [-0.39, 0.29) is 5.91 Å². The first-order chi connectivity index (χ1) is 12.2. The molecule has 1 heterocycles. The van der Waals surface area contributed by atoms with Crippen LogP contribution in [0.15, 0.2) is 52.9 Å². The summed E-state index contributed by atoms with van der Waals surface area (Å²) in [5.74, 6) is 0.429. The van der Waals surface area contributed by atoms with Gasteiger partial charge in [0.05, 0.1) is 0 Å². The van der Waals surface area contributed by atoms with E-state index in [1.165, 1.54) is 23.1 Å². The van der Waals surface area contributed by atoms with Gasteiger partial charge in [0.25, 0.3) is 5.91 Å². The van der Waals surface area contributed by atoms with Crippen LogP contribution in [0.5, 0.6) is 5.75 Å². The maximum Gasteiger partial charge on any atom is 0.257 e. The first-order valence-corrected chi connectivity index (χ1v) is 9.73. The lowest BCUT2D eigenvalue weighted by atomic mass is 10.2. The fraction of sp³-hybridized carbons (Fsp3) is 0.118. The average molecular weight is 392 g/mol. The van der Waals surface area contributed by atoms with Crippen molar-refractivity contribution >= 4 is 45.7 Å². The van der Waals surface area contributed by atoms with E-state index in [9.17, 15) is 4.79 Å². The smallest absolute Gasteiger partial charge is 0.257 e. The molecular formula is C17H14ClN3O2S2. The summed E-state index contributed by atoms with van der Waals surface area (Å²) in [5, 5.41) is 11.7. The molecule has 0 aliphatic heterocycles. The SMILES string of the molecule is CSc1nnc(NC(=O)c2ccc(OCc3ccccc3Cl)cc2)s1. The van der Waals surface area contributed by atoms with E-state index in [2.05, 4.69) is 15.5 Å². The lowest BCUT2D eigenvalue weighted by molar-refractivity contribution is 0.102. The predicted molar refractivity (Wildman–Crippen MR) is 102 cm³/mol. The molecule has 0 saturated carbocycles. The van der Waals surface area contributed by atoms with E-state index >= 15 is 0 Å². The van der Waals surface area contributed by atoms with E-state index in [4.69, 9.17) is 16.3 Å². The van der Waals surface area contributed by atoms with Crippen molar-refractivity contribution in [3.05, 3.63) is 64.7 Å². The van der Waals surface area contributed by atoms with Crippen LogP contribution in [0.25, 0.3) is 0 Å². The zero-order chi connectivity index (χ0) is 17.6. The number of hydrogen-bond donors (Lipinski definition) is 1. The van der Waals surface area contributed by atoms with Crippen LogP contribution in [0.1, 0.15) is 15.9 Å². The van der Waals surface area contributed by atoms with Gasteiger partial charge in [-0.25, -0.2) is 0 Å². The van der Waals surface area contributed by atoms with Crippen LogP contribution in [0, 0.1) is 0 Å². The second-order valence-electron chi connectivity index (χ2n) is 4.94. The van der Waals surface area contributed by atoms with Crippen molar-refractivity contribution in [2.75, 3.05) is 11.6 Å². The highest BCUT2D eigenvalue weighted by molar-refractivity contribution is 8.00. The molecule has 0 radical (unpaired) electrons. The molecule has 0 aliphatic rings. The zero-order valence-corrected chi connectivity index (χ0v) is 15.6. The van der Waals surface area contributed by atoms with Gasteiger partial charge < -0.3 is 4.74 Å². The van der Waals surface area contributed by atoms with E-state index in [1.807, 2.05) is 30.5 Å². The van der Waals surface area contributed by atoms with Crippen molar-refractivity contribution in [2.45, 2.75) is 10.9 Å². The summed E-state index contributed by atoms with van der Waals surface area (Å²) >= 11 is 8.93. The number of benzene rings is 2. The Balaban J connectivity index is 1.59. The Morgan fingerprint density at radius 2 is 1.96 bits per heavy atom. The fourth-order valence-corrected chi connectivity index (χ4v) is 3.35. The summed E-state index contributed by atoms with van der Waals surface area (Å²) in [6.45, 7) is 0.369. The second kappa shape index (κ2) is 8.33. The van der Waals surface area contributed by atoms with Gasteiger partial charge >= 0.3 is 0 Å². The molecular weight excluding hydrogens is 378 g/mol. The van der Waals surface area contributed by atoms with Crippen molar-refractivity contribution in [1.29, 1.82) is 0 Å². The molecule has 0 bridgehead atoms. The van der Waals surface area contributed by atoms with E-state index < -0.39 is 0 Å². The molecule has 128 valence electrons. The van der Waals surface area contributed by atoms with Gasteiger partial charge in [-0.05, 0) is 36.6 Å². The number of aromatic nitrogens is 2. The molecule has 0 unspecified atom stereocenters. The van der Waals surface area contributed by atoms with Gasteiger partial charge in [0, 0.05) is 16.1 Å². The number of thioether (sulfide) groups is 1. The largest absolute Gasteiger partial charge is 0.489 e. The Hall–Kier alpha value is -2.09. The van der Waals surface area contributed by atoms with Crippen LogP contribution in [0.4, 0.5) is 5.13 Å². The van der Waals surface area contributed by atoms with E-state index in [1.54, 1.807) is 24.3 Å². The van der Waals surface area contributed by atoms with Crippen LogP contribution < -0.4 is 10.1 Å². The fourth-order valence-electron chi connectivity index (χ4n) is 1.99. The summed E-state index contributed by atoms with van der Waals surface area (Å²) in [6, 6.07) is 14.4. The molecule has 1 aromatic heterocycles. The average Bonchev–Trinajstić information content (AvgIpc) is 3.09. The van der Waals surface area contributed by atoms with Crippen molar-refractivity contribution in [3.63, 3.8) is 0 Å². The van der Waals surface area contributed by atoms with Gasteiger partial charge in [-0.3, -0.25) is 10.1 Å². The van der Waals surface area contributed by atoms with Crippen LogP contribution >= 0.6 is 34.7 Å². The monoisotopic (exact) mass is 391 g/mol. The molecule has 0 spiro atoms. The van der Waals surface area contributed by atoms with Crippen molar-refractivity contribution in [1.82, 2.24) is 10.2 Å². The van der Waals surface area contributed by atoms with Gasteiger partial charge in [-0.15, -0.1) is 10.2 Å². The minimum Gasteiger partial charge on any atom is -0.489 e. The number of amides is 1. The third-order valence-corrected chi connectivity index (χ3v) is 5.45. The molecule has 25 heavy (non-hydrogen) atoms. The summed E-state index contributed by atoms with van der Waals surface area (Å²) < 4.78 is 6.51. The Morgan fingerprint density at radius 3 is 2.64 bits per heavy atom. The molecule has 3 aromatic rings. The lowest BCUT2D eigenvalue weighted by Crippen LogP contribution is -2.11. The highest BCUT2D eigenvalue weighted by Crippen LogP contribution is 2.24. The Labute approximate surface area is 158 Å². The van der Waals surface area contributed by atoms with E-state index in [0.717, 1.165) is 9.90 Å². The Kier molecular flexibility index (Phi) is 5.91. The van der Waals surface area contributed by atoms with Crippen LogP contribution in [0.3, 0.4) is 0 Å². The standard InChI is InChI=1S/C17H14ClN3O2S2/c1-24-17-21-20-16(25-17)19-15(22)11-6-8-13(9-7-11)23-10-12-4-2-3-5-14(12)18/h2-9H,10H2,1H3,(H,19,20,22). The summed E-state index contributed by atoms with van der Waals surface area (Å²) in [6.07, 6.45) is 1.91. The van der Waals surface area contributed by atoms with Gasteiger partial charge in [-0.1, -0.05) is 52.9 Å². The van der Waals surface area contributed by atoms with Gasteiger partial charge in [0.1, 0.15) is 12.4 Å². The minimum atomic E-state index is -0.235. The first-order valence-electron chi connectivity index (χ1n) is 7.31. The number of carbonyl (C=O) groups is 1. The lowest BCUT2D eigenvalue weighted by Gasteiger charge is -2.08. The number of nitrogens with one attached hydrogen (secondary N) is 1. The summed E-state index contributed by atoms with van der Waals surface area (Å²) in [4.78, 5) is 12.2. The topological polar surface area (TPSA) is 64.1 Å². The van der Waals surface area contributed by atoms with Crippen LogP contribution in [-0.4, -0.2) is 22.4 Å². The third kappa shape index (κ3) is 4.72. The Morgan fingerprint density at radius 1 is 1.20 bits per heavy atom. The number of hydrogen-bond acceptors (Lipinski definition) is 6. The zero-order valence-electron chi connectivity index (χ0n) is 13.2.